The molecular formula is C21H25NO5. The second kappa shape index (κ2) is 8.20. The number of nitrogens with one attached hydrogen (secondary N) is 1. The van der Waals surface area contributed by atoms with Crippen LogP contribution in [0.4, 0.5) is 0 Å². The average Bonchev–Trinajstić information content (AvgIpc) is 2.86. The summed E-state index contributed by atoms with van der Waals surface area (Å²) in [7, 11) is 0. The normalized spacial score (nSPS) is 10.6. The molecule has 1 N–H and O–H groups in total. The Morgan fingerprint density at radius 1 is 0.815 bits per heavy atom. The van der Waals surface area contributed by atoms with Crippen molar-refractivity contribution in [2.45, 2.75) is 41.5 Å². The first-order valence-corrected chi connectivity index (χ1v) is 8.81. The summed E-state index contributed by atoms with van der Waals surface area (Å²) in [5.41, 5.74) is 4.59. The van der Waals surface area contributed by atoms with Gasteiger partial charge in [0.25, 0.3) is 0 Å². The van der Waals surface area contributed by atoms with Crippen molar-refractivity contribution in [2.24, 2.45) is 0 Å². The van der Waals surface area contributed by atoms with Crippen LogP contribution in [0.25, 0.3) is 0 Å². The summed E-state index contributed by atoms with van der Waals surface area (Å²) in [5.74, 6) is -1.57. The number of ketones is 1. The zero-order chi connectivity index (χ0) is 20.3. The van der Waals surface area contributed by atoms with Gasteiger partial charge in [0.05, 0.1) is 23.3 Å². The molecule has 0 saturated heterocycles. The first-order chi connectivity index (χ1) is 12.7. The van der Waals surface area contributed by atoms with E-state index in [2.05, 4.69) is 4.98 Å². The largest absolute Gasteiger partial charge is 0.462 e. The van der Waals surface area contributed by atoms with Gasteiger partial charge in [0.1, 0.15) is 0 Å². The van der Waals surface area contributed by atoms with Gasteiger partial charge in [0.15, 0.2) is 6.61 Å². The summed E-state index contributed by atoms with van der Waals surface area (Å²) in [5, 5.41) is 0. The highest BCUT2D eigenvalue weighted by atomic mass is 16.5. The van der Waals surface area contributed by atoms with E-state index in [0.717, 1.165) is 16.7 Å². The first-order valence-electron chi connectivity index (χ1n) is 8.81. The van der Waals surface area contributed by atoms with E-state index in [-0.39, 0.29) is 17.7 Å². The van der Waals surface area contributed by atoms with Gasteiger partial charge in [-0.05, 0) is 52.7 Å². The fourth-order valence-electron chi connectivity index (χ4n) is 3.37. The number of H-pyrrole nitrogens is 1. The molecule has 0 aliphatic carbocycles. The van der Waals surface area contributed by atoms with Crippen LogP contribution < -0.4 is 0 Å². The third-order valence-electron chi connectivity index (χ3n) is 4.35. The SMILES string of the molecule is CCOC(=O)c1c(C)[nH]c(C)c1C(=O)COC(=O)c1c(C)cc(C)cc1C. The Labute approximate surface area is 158 Å². The zero-order valence-corrected chi connectivity index (χ0v) is 16.6. The third-order valence-corrected chi connectivity index (χ3v) is 4.35. The molecule has 27 heavy (non-hydrogen) atoms. The predicted octanol–water partition coefficient (Wildman–Crippen LogP) is 3.77. The molecule has 0 aliphatic rings. The van der Waals surface area contributed by atoms with E-state index in [1.807, 2.05) is 32.9 Å². The molecule has 0 amide bonds. The highest BCUT2D eigenvalue weighted by Gasteiger charge is 2.26. The molecule has 0 radical (unpaired) electrons. The molecule has 0 fully saturated rings. The Hall–Kier alpha value is -2.89. The van der Waals surface area contributed by atoms with Gasteiger partial charge < -0.3 is 14.5 Å². The number of Topliss-reactive ketones (excluding diaryl/α,β-unsaturated/α-hetero) is 1. The summed E-state index contributed by atoms with van der Waals surface area (Å²) >= 11 is 0. The van der Waals surface area contributed by atoms with E-state index in [1.54, 1.807) is 20.8 Å². The molecule has 6 nitrogen and oxygen atoms in total. The molecule has 1 heterocycles. The van der Waals surface area contributed by atoms with Gasteiger partial charge in [0.2, 0.25) is 5.78 Å². The first kappa shape index (κ1) is 20.4. The van der Waals surface area contributed by atoms with E-state index in [4.69, 9.17) is 9.47 Å². The summed E-state index contributed by atoms with van der Waals surface area (Å²) in [6, 6.07) is 3.79. The highest BCUT2D eigenvalue weighted by molar-refractivity contribution is 6.09. The van der Waals surface area contributed by atoms with Crippen molar-refractivity contribution >= 4 is 17.7 Å². The number of carbonyl (C=O) groups excluding carboxylic acids is 3. The predicted molar refractivity (Wildman–Crippen MR) is 101 cm³/mol. The van der Waals surface area contributed by atoms with Gasteiger partial charge in [-0.25, -0.2) is 9.59 Å². The third kappa shape index (κ3) is 4.27. The maximum Gasteiger partial charge on any atom is 0.340 e. The molecular weight excluding hydrogens is 346 g/mol. The number of hydrogen-bond acceptors (Lipinski definition) is 5. The molecule has 1 aromatic carbocycles. The number of aromatic nitrogens is 1. The Balaban J connectivity index is 2.22. The van der Waals surface area contributed by atoms with Crippen LogP contribution in [0.5, 0.6) is 0 Å². The number of aromatic amines is 1. The Morgan fingerprint density at radius 3 is 1.89 bits per heavy atom. The van der Waals surface area contributed by atoms with Crippen LogP contribution in [0.15, 0.2) is 12.1 Å². The van der Waals surface area contributed by atoms with Crippen molar-refractivity contribution < 1.29 is 23.9 Å². The lowest BCUT2D eigenvalue weighted by atomic mass is 10.00. The standard InChI is InChI=1S/C21H25NO5/c1-7-26-21(25)19-15(6)22-14(5)18(19)16(23)10-27-20(24)17-12(3)8-11(2)9-13(17)4/h8-9,22H,7,10H2,1-6H3. The maximum atomic E-state index is 12.7. The Bertz CT molecular complexity index is 885. The van der Waals surface area contributed by atoms with Gasteiger partial charge in [0, 0.05) is 11.4 Å². The van der Waals surface area contributed by atoms with Crippen molar-refractivity contribution in [1.82, 2.24) is 4.98 Å². The number of carbonyl (C=O) groups is 3. The van der Waals surface area contributed by atoms with Crippen LogP contribution in [0.3, 0.4) is 0 Å². The smallest absolute Gasteiger partial charge is 0.340 e. The molecule has 0 saturated carbocycles. The molecule has 2 rings (SSSR count). The van der Waals surface area contributed by atoms with Crippen molar-refractivity contribution in [2.75, 3.05) is 13.2 Å². The number of aryl methyl sites for hydroxylation is 5. The maximum absolute atomic E-state index is 12.7. The van der Waals surface area contributed by atoms with Crippen molar-refractivity contribution in [1.29, 1.82) is 0 Å². The van der Waals surface area contributed by atoms with Gasteiger partial charge in [-0.3, -0.25) is 4.79 Å². The molecule has 2 aromatic rings. The van der Waals surface area contributed by atoms with Crippen LogP contribution in [0, 0.1) is 34.6 Å². The molecule has 0 atom stereocenters. The van der Waals surface area contributed by atoms with E-state index < -0.39 is 24.3 Å². The molecule has 0 spiro atoms. The lowest BCUT2D eigenvalue weighted by Crippen LogP contribution is -2.19. The fourth-order valence-corrected chi connectivity index (χ4v) is 3.37. The van der Waals surface area contributed by atoms with Crippen molar-refractivity contribution in [3.05, 3.63) is 56.9 Å². The summed E-state index contributed by atoms with van der Waals surface area (Å²) in [6.07, 6.45) is 0. The van der Waals surface area contributed by atoms with Gasteiger partial charge >= 0.3 is 11.9 Å². The lowest BCUT2D eigenvalue weighted by molar-refractivity contribution is 0.0470. The number of rotatable bonds is 6. The molecule has 0 bridgehead atoms. The average molecular weight is 371 g/mol. The molecule has 1 aromatic heterocycles. The number of ether oxygens (including phenoxy) is 2. The van der Waals surface area contributed by atoms with Crippen LogP contribution in [-0.4, -0.2) is 35.9 Å². The van der Waals surface area contributed by atoms with Crippen LogP contribution >= 0.6 is 0 Å². The van der Waals surface area contributed by atoms with Crippen LogP contribution in [0.1, 0.15) is 66.1 Å². The molecule has 6 heteroatoms. The number of esters is 2. The summed E-state index contributed by atoms with van der Waals surface area (Å²) < 4.78 is 10.3. The minimum Gasteiger partial charge on any atom is -0.462 e. The summed E-state index contributed by atoms with van der Waals surface area (Å²) in [6.45, 7) is 10.5. The number of benzene rings is 1. The van der Waals surface area contributed by atoms with E-state index >= 15 is 0 Å². The minimum absolute atomic E-state index is 0.193. The van der Waals surface area contributed by atoms with Crippen LogP contribution in [-0.2, 0) is 9.47 Å². The lowest BCUT2D eigenvalue weighted by Gasteiger charge is -2.11. The molecule has 0 aliphatic heterocycles. The van der Waals surface area contributed by atoms with Gasteiger partial charge in [-0.2, -0.15) is 0 Å². The summed E-state index contributed by atoms with van der Waals surface area (Å²) in [4.78, 5) is 40.3. The number of hydrogen-bond donors (Lipinski definition) is 1. The van der Waals surface area contributed by atoms with E-state index in [0.29, 0.717) is 17.0 Å². The van der Waals surface area contributed by atoms with Gasteiger partial charge in [-0.1, -0.05) is 17.7 Å². The minimum atomic E-state index is -0.570. The topological polar surface area (TPSA) is 85.5 Å². The Morgan fingerprint density at radius 2 is 1.33 bits per heavy atom. The van der Waals surface area contributed by atoms with Gasteiger partial charge in [-0.15, -0.1) is 0 Å². The van der Waals surface area contributed by atoms with Crippen LogP contribution in [0.2, 0.25) is 0 Å². The van der Waals surface area contributed by atoms with Crippen molar-refractivity contribution in [3.63, 3.8) is 0 Å². The van der Waals surface area contributed by atoms with E-state index in [9.17, 15) is 14.4 Å². The molecule has 144 valence electrons. The second-order valence-corrected chi connectivity index (χ2v) is 6.62. The van der Waals surface area contributed by atoms with Crippen molar-refractivity contribution in [3.8, 4) is 0 Å². The second-order valence-electron chi connectivity index (χ2n) is 6.62. The monoisotopic (exact) mass is 371 g/mol. The highest BCUT2D eigenvalue weighted by Crippen LogP contribution is 2.21. The zero-order valence-electron chi connectivity index (χ0n) is 16.6. The van der Waals surface area contributed by atoms with E-state index in [1.165, 1.54) is 0 Å². The fraction of sp³-hybridized carbons (Fsp3) is 0.381. The quantitative estimate of drug-likeness (QED) is 0.617. The molecule has 0 unspecified atom stereocenters. The Kier molecular flexibility index (Phi) is 6.20.